The Bertz CT molecular complexity index is 679. The second-order valence-corrected chi connectivity index (χ2v) is 7.83. The summed E-state index contributed by atoms with van der Waals surface area (Å²) in [6, 6.07) is 3.43. The maximum atomic E-state index is 12.0. The maximum absolute atomic E-state index is 12.0. The van der Waals surface area contributed by atoms with E-state index in [4.69, 9.17) is 0 Å². The van der Waals surface area contributed by atoms with Gasteiger partial charge in [-0.3, -0.25) is 4.72 Å². The van der Waals surface area contributed by atoms with Crippen LogP contribution in [0.5, 0.6) is 5.75 Å². The Kier molecular flexibility index (Phi) is 5.00. The fraction of sp³-hybridized carbons (Fsp3) is 0.455. The van der Waals surface area contributed by atoms with Crippen LogP contribution in [0.15, 0.2) is 23.1 Å². The van der Waals surface area contributed by atoms with Gasteiger partial charge in [-0.05, 0) is 18.2 Å². The summed E-state index contributed by atoms with van der Waals surface area (Å²) >= 11 is 0. The van der Waals surface area contributed by atoms with Crippen molar-refractivity contribution in [2.75, 3.05) is 24.1 Å². The Labute approximate surface area is 119 Å². The fourth-order valence-corrected chi connectivity index (χ4v) is 3.49. The predicted molar refractivity (Wildman–Crippen MR) is 76.7 cm³/mol. The van der Waals surface area contributed by atoms with Gasteiger partial charge in [-0.1, -0.05) is 13.8 Å². The Morgan fingerprint density at radius 1 is 1.15 bits per heavy atom. The summed E-state index contributed by atoms with van der Waals surface area (Å²) in [6.07, 6.45) is 1.00. The van der Waals surface area contributed by atoms with Gasteiger partial charge in [0.1, 0.15) is 5.75 Å². The number of phenolic OH excluding ortho intramolecular Hbond substituents is 1. The summed E-state index contributed by atoms with van der Waals surface area (Å²) < 4.78 is 50.3. The first-order chi connectivity index (χ1) is 9.11. The Balaban J connectivity index is 3.22. The number of benzene rings is 1. The predicted octanol–water partition coefficient (Wildman–Crippen LogP) is 0.794. The highest BCUT2D eigenvalue weighted by molar-refractivity contribution is 7.91. The standard InChI is InChI=1S/C11H18N2O5S2/c1-4-13(5-2)20(17,18)12-10-8-9(19(3,15)16)6-7-11(10)14/h6-8,12,14H,4-5H2,1-3H3. The van der Waals surface area contributed by atoms with Crippen molar-refractivity contribution < 1.29 is 21.9 Å². The molecule has 0 unspecified atom stereocenters. The van der Waals surface area contributed by atoms with Crippen LogP contribution in [-0.4, -0.2) is 45.6 Å². The molecule has 0 amide bonds. The molecule has 0 aliphatic rings. The van der Waals surface area contributed by atoms with Gasteiger partial charge in [-0.25, -0.2) is 8.42 Å². The zero-order chi connectivity index (χ0) is 15.6. The molecular formula is C11H18N2O5S2. The van der Waals surface area contributed by atoms with Crippen LogP contribution in [0.2, 0.25) is 0 Å². The Morgan fingerprint density at radius 3 is 2.15 bits per heavy atom. The molecule has 0 aromatic heterocycles. The number of rotatable bonds is 6. The number of nitrogens with zero attached hydrogens (tertiary/aromatic N) is 1. The van der Waals surface area contributed by atoms with Crippen LogP contribution >= 0.6 is 0 Å². The van der Waals surface area contributed by atoms with E-state index in [-0.39, 0.29) is 29.4 Å². The zero-order valence-corrected chi connectivity index (χ0v) is 13.1. The fourth-order valence-electron chi connectivity index (χ4n) is 1.59. The number of aromatic hydroxyl groups is 1. The molecule has 0 aliphatic heterocycles. The van der Waals surface area contributed by atoms with Gasteiger partial charge < -0.3 is 5.11 Å². The molecule has 20 heavy (non-hydrogen) atoms. The second-order valence-electron chi connectivity index (χ2n) is 4.14. The molecule has 1 aromatic carbocycles. The van der Waals surface area contributed by atoms with Gasteiger partial charge in [0.25, 0.3) is 0 Å². The minimum Gasteiger partial charge on any atom is -0.506 e. The first-order valence-corrected chi connectivity index (χ1v) is 9.26. The van der Waals surface area contributed by atoms with Gasteiger partial charge in [0.2, 0.25) is 0 Å². The van der Waals surface area contributed by atoms with Crippen LogP contribution in [0, 0.1) is 0 Å². The van der Waals surface area contributed by atoms with E-state index in [1.807, 2.05) is 0 Å². The molecule has 1 rings (SSSR count). The molecule has 0 heterocycles. The average molecular weight is 322 g/mol. The molecule has 0 bridgehead atoms. The molecule has 2 N–H and O–H groups in total. The van der Waals surface area contributed by atoms with Gasteiger partial charge in [0.15, 0.2) is 9.84 Å². The van der Waals surface area contributed by atoms with E-state index in [0.717, 1.165) is 22.7 Å². The summed E-state index contributed by atoms with van der Waals surface area (Å²) in [4.78, 5) is -0.0763. The Morgan fingerprint density at radius 2 is 1.70 bits per heavy atom. The second kappa shape index (κ2) is 5.98. The summed E-state index contributed by atoms with van der Waals surface area (Å²) in [5.74, 6) is -0.340. The molecule has 1 aromatic rings. The first-order valence-electron chi connectivity index (χ1n) is 5.92. The topological polar surface area (TPSA) is 104 Å². The molecule has 0 saturated carbocycles. The lowest BCUT2D eigenvalue weighted by Crippen LogP contribution is -2.35. The van der Waals surface area contributed by atoms with Gasteiger partial charge in [0.05, 0.1) is 10.6 Å². The van der Waals surface area contributed by atoms with Crippen molar-refractivity contribution in [3.05, 3.63) is 18.2 Å². The number of hydrogen-bond donors (Lipinski definition) is 2. The molecule has 0 fully saturated rings. The van der Waals surface area contributed by atoms with E-state index in [1.54, 1.807) is 13.8 Å². The highest BCUT2D eigenvalue weighted by atomic mass is 32.2. The number of hydrogen-bond acceptors (Lipinski definition) is 5. The van der Waals surface area contributed by atoms with Crippen molar-refractivity contribution in [3.8, 4) is 5.75 Å². The van der Waals surface area contributed by atoms with Crippen molar-refractivity contribution in [2.45, 2.75) is 18.7 Å². The summed E-state index contributed by atoms with van der Waals surface area (Å²) in [5.41, 5.74) is -0.167. The molecule has 0 radical (unpaired) electrons. The lowest BCUT2D eigenvalue weighted by atomic mass is 10.3. The third kappa shape index (κ3) is 3.84. The van der Waals surface area contributed by atoms with Crippen molar-refractivity contribution in [1.82, 2.24) is 4.31 Å². The molecule has 0 saturated heterocycles. The van der Waals surface area contributed by atoms with E-state index in [2.05, 4.69) is 4.72 Å². The molecule has 9 heteroatoms. The van der Waals surface area contributed by atoms with Crippen LogP contribution in [0.25, 0.3) is 0 Å². The highest BCUT2D eigenvalue weighted by Gasteiger charge is 2.21. The quantitative estimate of drug-likeness (QED) is 0.754. The van der Waals surface area contributed by atoms with Crippen molar-refractivity contribution in [1.29, 1.82) is 0 Å². The summed E-state index contributed by atoms with van der Waals surface area (Å²) in [7, 11) is -7.32. The minimum atomic E-state index is -3.83. The molecule has 0 atom stereocenters. The van der Waals surface area contributed by atoms with Gasteiger partial charge in [0, 0.05) is 19.3 Å². The molecule has 0 spiro atoms. The van der Waals surface area contributed by atoms with Crippen LogP contribution in [0.4, 0.5) is 5.69 Å². The third-order valence-corrected chi connectivity index (χ3v) is 5.46. The van der Waals surface area contributed by atoms with Crippen molar-refractivity contribution >= 4 is 25.7 Å². The molecule has 114 valence electrons. The van der Waals surface area contributed by atoms with Crippen LogP contribution in [-0.2, 0) is 20.0 Å². The summed E-state index contributed by atoms with van der Waals surface area (Å²) in [5, 5.41) is 9.65. The largest absolute Gasteiger partial charge is 0.506 e. The normalized spacial score (nSPS) is 12.6. The SMILES string of the molecule is CCN(CC)S(=O)(=O)Nc1cc(S(C)(=O)=O)ccc1O. The van der Waals surface area contributed by atoms with Crippen LogP contribution in [0.1, 0.15) is 13.8 Å². The zero-order valence-electron chi connectivity index (χ0n) is 11.5. The lowest BCUT2D eigenvalue weighted by molar-refractivity contribution is 0.448. The minimum absolute atomic E-state index is 0.0763. The van der Waals surface area contributed by atoms with Gasteiger partial charge in [-0.15, -0.1) is 0 Å². The van der Waals surface area contributed by atoms with E-state index < -0.39 is 20.0 Å². The number of anilines is 1. The van der Waals surface area contributed by atoms with Crippen LogP contribution < -0.4 is 4.72 Å². The van der Waals surface area contributed by atoms with Crippen LogP contribution in [0.3, 0.4) is 0 Å². The molecular weight excluding hydrogens is 304 g/mol. The van der Waals surface area contributed by atoms with Gasteiger partial charge >= 0.3 is 10.2 Å². The molecule has 0 aliphatic carbocycles. The monoisotopic (exact) mass is 322 g/mol. The average Bonchev–Trinajstić information content (AvgIpc) is 2.31. The Hall–Kier alpha value is -1.32. The smallest absolute Gasteiger partial charge is 0.301 e. The van der Waals surface area contributed by atoms with E-state index in [9.17, 15) is 21.9 Å². The van der Waals surface area contributed by atoms with E-state index in [0.29, 0.717) is 0 Å². The van der Waals surface area contributed by atoms with Crippen molar-refractivity contribution in [2.24, 2.45) is 0 Å². The van der Waals surface area contributed by atoms with E-state index in [1.165, 1.54) is 6.07 Å². The van der Waals surface area contributed by atoms with Gasteiger partial charge in [-0.2, -0.15) is 12.7 Å². The van der Waals surface area contributed by atoms with E-state index >= 15 is 0 Å². The number of phenols is 1. The summed E-state index contributed by atoms with van der Waals surface area (Å²) in [6.45, 7) is 3.88. The maximum Gasteiger partial charge on any atom is 0.301 e. The highest BCUT2D eigenvalue weighted by Crippen LogP contribution is 2.27. The number of nitrogens with one attached hydrogen (secondary N) is 1. The van der Waals surface area contributed by atoms with Crippen molar-refractivity contribution in [3.63, 3.8) is 0 Å². The molecule has 7 nitrogen and oxygen atoms in total. The third-order valence-electron chi connectivity index (χ3n) is 2.68. The lowest BCUT2D eigenvalue weighted by Gasteiger charge is -2.20. The number of sulfone groups is 1. The first kappa shape index (κ1) is 16.7.